The lowest BCUT2D eigenvalue weighted by Gasteiger charge is -2.49. The maximum absolute atomic E-state index is 13.6. The van der Waals surface area contributed by atoms with Crippen LogP contribution in [0.4, 0.5) is 0 Å². The van der Waals surface area contributed by atoms with E-state index < -0.39 is 140 Å². The summed E-state index contributed by atoms with van der Waals surface area (Å²) in [6.45, 7) is 9.42. The van der Waals surface area contributed by atoms with Crippen LogP contribution in [-0.4, -0.2) is 150 Å². The number of hydrogen-bond donors (Lipinski definition) is 3. The zero-order chi connectivity index (χ0) is 43.1. The van der Waals surface area contributed by atoms with Crippen LogP contribution < -0.4 is 11.1 Å². The van der Waals surface area contributed by atoms with E-state index in [4.69, 9.17) is 53.1 Å². The van der Waals surface area contributed by atoms with E-state index in [-0.39, 0.29) is 12.2 Å². The van der Waals surface area contributed by atoms with Gasteiger partial charge in [-0.05, 0) is 6.42 Å². The minimum absolute atomic E-state index is 0.00663. The third kappa shape index (κ3) is 15.6. The van der Waals surface area contributed by atoms with Gasteiger partial charge in [0.2, 0.25) is 5.91 Å². The Labute approximate surface area is 330 Å². The highest BCUT2D eigenvalue weighted by Crippen LogP contribution is 2.35. The van der Waals surface area contributed by atoms with Crippen molar-refractivity contribution in [1.82, 2.24) is 5.32 Å². The number of esters is 7. The van der Waals surface area contributed by atoms with Crippen LogP contribution in [0.2, 0.25) is 0 Å². The average Bonchev–Trinajstić information content (AvgIpc) is 3.08. The van der Waals surface area contributed by atoms with Crippen LogP contribution in [0.3, 0.4) is 0 Å². The van der Waals surface area contributed by atoms with Crippen molar-refractivity contribution < 1.29 is 95.6 Å². The summed E-state index contributed by atoms with van der Waals surface area (Å²) in [4.78, 5) is 111. The fraction of sp³-hybridized carbons (Fsp3) is 0.676. The van der Waals surface area contributed by atoms with Crippen molar-refractivity contribution in [1.29, 1.82) is 0 Å². The molecule has 320 valence electrons. The van der Waals surface area contributed by atoms with Gasteiger partial charge in [-0.3, -0.25) is 43.2 Å². The van der Waals surface area contributed by atoms with Crippen molar-refractivity contribution in [3.63, 3.8) is 0 Å². The Balaban J connectivity index is 2.74. The number of amides is 1. The van der Waals surface area contributed by atoms with E-state index in [1.54, 1.807) is 0 Å². The number of nitrogens with one attached hydrogen (secondary N) is 1. The van der Waals surface area contributed by atoms with Crippen LogP contribution in [0.25, 0.3) is 0 Å². The minimum atomic E-state index is -1.90. The van der Waals surface area contributed by atoms with E-state index in [9.17, 15) is 48.3 Å². The lowest BCUT2D eigenvalue weighted by atomic mass is 9.95. The monoisotopic (exact) mass is 836 g/mol. The number of aliphatic carboxylic acids is 1. The van der Waals surface area contributed by atoms with E-state index in [0.29, 0.717) is 0 Å². The van der Waals surface area contributed by atoms with Gasteiger partial charge in [0.15, 0.2) is 43.0 Å². The summed E-state index contributed by atoms with van der Waals surface area (Å²) in [6, 6.07) is -1.33. The average molecular weight is 837 g/mol. The van der Waals surface area contributed by atoms with Crippen molar-refractivity contribution >= 4 is 65.4 Å². The number of thioether (sulfide) groups is 1. The quantitative estimate of drug-likeness (QED) is 0.0783. The second-order valence-electron chi connectivity index (χ2n) is 12.5. The number of rotatable bonds is 19. The zero-order valence-electron chi connectivity index (χ0n) is 32.2. The molecule has 57 heavy (non-hydrogen) atoms. The van der Waals surface area contributed by atoms with Gasteiger partial charge in [-0.15, -0.1) is 18.3 Å². The summed E-state index contributed by atoms with van der Waals surface area (Å²) in [5.74, 6) is -8.68. The SMILES string of the molecule is C=CCC(SCC(N)C(=O)O)C(=O)N[C@@H]1OC(COC(C)=O)[C@@H](O[C@@H]2OC(COC(C)=O)[C@@H](OC(C)=O)C(OC(C)=O)C2OC(C)=O)C(OC(C)=O)C1OC(C)=O. The Morgan fingerprint density at radius 2 is 1.11 bits per heavy atom. The van der Waals surface area contributed by atoms with Crippen LogP contribution in [-0.2, 0) is 90.5 Å². The number of carbonyl (C=O) groups is 9. The van der Waals surface area contributed by atoms with E-state index in [1.807, 2.05) is 0 Å². The van der Waals surface area contributed by atoms with Crippen molar-refractivity contribution in [2.45, 2.75) is 128 Å². The van der Waals surface area contributed by atoms with Crippen LogP contribution in [0.5, 0.6) is 0 Å². The van der Waals surface area contributed by atoms with Crippen molar-refractivity contribution in [2.24, 2.45) is 5.73 Å². The highest BCUT2D eigenvalue weighted by atomic mass is 32.2. The van der Waals surface area contributed by atoms with Crippen LogP contribution in [0.1, 0.15) is 54.9 Å². The zero-order valence-corrected chi connectivity index (χ0v) is 33.0. The summed E-state index contributed by atoms with van der Waals surface area (Å²) < 4.78 is 56.2. The van der Waals surface area contributed by atoms with Crippen molar-refractivity contribution in [3.8, 4) is 0 Å². The molecule has 2 aliphatic heterocycles. The minimum Gasteiger partial charge on any atom is -0.480 e. The number of nitrogens with two attached hydrogens (primary N) is 1. The van der Waals surface area contributed by atoms with Gasteiger partial charge >= 0.3 is 47.8 Å². The molecule has 0 bridgehead atoms. The molecule has 2 fully saturated rings. The molecule has 12 atom stereocenters. The van der Waals surface area contributed by atoms with E-state index in [2.05, 4.69) is 11.9 Å². The fourth-order valence-electron chi connectivity index (χ4n) is 5.55. The molecule has 0 spiro atoms. The largest absolute Gasteiger partial charge is 0.480 e. The molecule has 2 aliphatic rings. The molecule has 23 heteroatoms. The number of carboxylic acid groups (broad SMARTS) is 1. The first-order valence-electron chi connectivity index (χ1n) is 17.2. The molecule has 1 amide bonds. The summed E-state index contributed by atoms with van der Waals surface area (Å²) >= 11 is 0.875. The van der Waals surface area contributed by atoms with Gasteiger partial charge in [0, 0.05) is 54.2 Å². The molecule has 0 saturated carbocycles. The Kier molecular flexibility index (Phi) is 19.3. The number of carboxylic acids is 1. The van der Waals surface area contributed by atoms with Crippen LogP contribution >= 0.6 is 11.8 Å². The summed E-state index contributed by atoms with van der Waals surface area (Å²) in [5.41, 5.74) is 5.62. The van der Waals surface area contributed by atoms with Gasteiger partial charge in [-0.25, -0.2) is 0 Å². The first-order chi connectivity index (χ1) is 26.6. The molecule has 2 rings (SSSR count). The Morgan fingerprint density at radius 1 is 0.667 bits per heavy atom. The van der Waals surface area contributed by atoms with Gasteiger partial charge in [-0.2, -0.15) is 0 Å². The molecule has 2 heterocycles. The van der Waals surface area contributed by atoms with Crippen molar-refractivity contribution in [3.05, 3.63) is 12.7 Å². The molecule has 0 radical (unpaired) electrons. The number of ether oxygens (including phenoxy) is 10. The molecule has 8 unspecified atom stereocenters. The molecular weight excluding hydrogens is 788 g/mol. The first-order valence-corrected chi connectivity index (χ1v) is 18.3. The van der Waals surface area contributed by atoms with Crippen LogP contribution in [0, 0.1) is 0 Å². The lowest BCUT2D eigenvalue weighted by molar-refractivity contribution is -0.345. The van der Waals surface area contributed by atoms with Crippen molar-refractivity contribution in [2.75, 3.05) is 19.0 Å². The second-order valence-corrected chi connectivity index (χ2v) is 13.7. The van der Waals surface area contributed by atoms with Gasteiger partial charge in [0.05, 0.1) is 5.25 Å². The van der Waals surface area contributed by atoms with Gasteiger partial charge < -0.3 is 63.5 Å². The maximum Gasteiger partial charge on any atom is 0.321 e. The van der Waals surface area contributed by atoms with E-state index in [0.717, 1.165) is 60.2 Å². The normalized spacial score (nSPS) is 27.9. The lowest BCUT2D eigenvalue weighted by Crippen LogP contribution is -2.69. The second kappa shape index (κ2) is 22.8. The molecule has 0 aromatic carbocycles. The highest BCUT2D eigenvalue weighted by Gasteiger charge is 2.57. The molecule has 0 aliphatic carbocycles. The predicted octanol–water partition coefficient (Wildman–Crippen LogP) is -1.19. The smallest absolute Gasteiger partial charge is 0.321 e. The third-order valence-electron chi connectivity index (χ3n) is 7.68. The maximum atomic E-state index is 13.6. The molecule has 4 N–H and O–H groups in total. The Bertz CT molecular complexity index is 1510. The number of allylic oxidation sites excluding steroid dienone is 1. The molecule has 0 aromatic rings. The summed E-state index contributed by atoms with van der Waals surface area (Å²) in [5, 5.41) is 10.7. The van der Waals surface area contributed by atoms with E-state index >= 15 is 0 Å². The summed E-state index contributed by atoms with van der Waals surface area (Å²) in [6.07, 6.45) is -15.5. The van der Waals surface area contributed by atoms with Gasteiger partial charge in [-0.1, -0.05) is 6.08 Å². The molecule has 2 saturated heterocycles. The van der Waals surface area contributed by atoms with Gasteiger partial charge in [0.25, 0.3) is 0 Å². The highest BCUT2D eigenvalue weighted by molar-refractivity contribution is 8.00. The van der Waals surface area contributed by atoms with Gasteiger partial charge in [0.1, 0.15) is 37.6 Å². The number of hydrogen-bond acceptors (Lipinski definition) is 21. The molecule has 0 aromatic heterocycles. The third-order valence-corrected chi connectivity index (χ3v) is 9.04. The Hall–Kier alpha value is -4.84. The molecular formula is C34H48N2O20S. The molecule has 22 nitrogen and oxygen atoms in total. The Morgan fingerprint density at radius 3 is 1.56 bits per heavy atom. The van der Waals surface area contributed by atoms with E-state index in [1.165, 1.54) is 6.08 Å². The fourth-order valence-corrected chi connectivity index (χ4v) is 6.63. The van der Waals surface area contributed by atoms with Crippen LogP contribution in [0.15, 0.2) is 12.7 Å². The standard InChI is InChI=1S/C34H48N2O20S/c1-9-10-24(57-13-21(35)33(45)46)31(44)36-32-29(52-19(7)42)27(50-17(5)40)26(22(54-32)11-47-14(2)37)56-34-30(53-20(8)43)28(51-18(6)41)25(49-16(4)39)23(55-34)12-48-15(3)38/h9,21-30,32,34H,1,10-13,35H2,2-8H3,(H,36,44)(H,45,46)/t21?,22?,23?,24?,25-,26-,27?,28?,29?,30?,32-,34+/m1/s1. The first kappa shape index (κ1) is 48.3. The number of carbonyl (C=O) groups excluding carboxylic acids is 8. The summed E-state index contributed by atoms with van der Waals surface area (Å²) in [7, 11) is 0. The topological polar surface area (TPSA) is 304 Å². The predicted molar refractivity (Wildman–Crippen MR) is 188 cm³/mol.